The molecule has 0 aromatic heterocycles. The minimum absolute atomic E-state index is 0.0592. The van der Waals surface area contributed by atoms with Crippen LogP contribution in [-0.4, -0.2) is 24.4 Å². The van der Waals surface area contributed by atoms with Gasteiger partial charge in [-0.15, -0.1) is 0 Å². The third-order valence-electron chi connectivity index (χ3n) is 2.98. The second-order valence-corrected chi connectivity index (χ2v) is 4.47. The molecule has 0 radical (unpaired) electrons. The first-order valence-electron chi connectivity index (χ1n) is 6.01. The molecule has 0 amide bonds. The van der Waals surface area contributed by atoms with Crippen molar-refractivity contribution in [1.29, 1.82) is 0 Å². The van der Waals surface area contributed by atoms with Gasteiger partial charge < -0.3 is 15.2 Å². The molecule has 0 aliphatic rings. The highest BCUT2D eigenvalue weighted by Crippen LogP contribution is 2.20. The standard InChI is InChI=1S/C13H18F3NO2/c1-8(7-18)9(2)17-6-10-3-4-12(11(14)5-10)19-13(15)16/h3-5,8-9,13,17-18H,6-7H2,1-2H3. The number of alkyl halides is 2. The van der Waals surface area contributed by atoms with E-state index in [0.29, 0.717) is 12.1 Å². The van der Waals surface area contributed by atoms with Gasteiger partial charge in [0.05, 0.1) is 0 Å². The molecule has 19 heavy (non-hydrogen) atoms. The van der Waals surface area contributed by atoms with E-state index in [9.17, 15) is 13.2 Å². The molecule has 0 aliphatic carbocycles. The van der Waals surface area contributed by atoms with Crippen LogP contribution in [0.4, 0.5) is 13.2 Å². The fourth-order valence-electron chi connectivity index (χ4n) is 1.48. The van der Waals surface area contributed by atoms with Gasteiger partial charge in [0.2, 0.25) is 0 Å². The lowest BCUT2D eigenvalue weighted by Crippen LogP contribution is -2.33. The van der Waals surface area contributed by atoms with Gasteiger partial charge in [0.25, 0.3) is 0 Å². The number of hydrogen-bond acceptors (Lipinski definition) is 3. The molecule has 2 atom stereocenters. The van der Waals surface area contributed by atoms with Gasteiger partial charge in [-0.05, 0) is 30.5 Å². The molecule has 2 N–H and O–H groups in total. The summed E-state index contributed by atoms with van der Waals surface area (Å²) in [4.78, 5) is 0. The maximum atomic E-state index is 13.4. The highest BCUT2D eigenvalue weighted by atomic mass is 19.3. The van der Waals surface area contributed by atoms with Crippen LogP contribution in [0.2, 0.25) is 0 Å². The molecule has 0 saturated heterocycles. The van der Waals surface area contributed by atoms with Crippen LogP contribution in [0.1, 0.15) is 19.4 Å². The number of nitrogens with one attached hydrogen (secondary N) is 1. The smallest absolute Gasteiger partial charge is 0.387 e. The third-order valence-corrected chi connectivity index (χ3v) is 2.98. The van der Waals surface area contributed by atoms with Crippen molar-refractivity contribution in [3.05, 3.63) is 29.6 Å². The molecule has 1 rings (SSSR count). The Morgan fingerprint density at radius 1 is 1.32 bits per heavy atom. The highest BCUT2D eigenvalue weighted by molar-refractivity contribution is 5.29. The zero-order chi connectivity index (χ0) is 14.4. The van der Waals surface area contributed by atoms with E-state index in [-0.39, 0.29) is 18.6 Å². The Morgan fingerprint density at radius 3 is 2.53 bits per heavy atom. The number of hydrogen-bond donors (Lipinski definition) is 2. The van der Waals surface area contributed by atoms with E-state index in [1.54, 1.807) is 0 Å². The topological polar surface area (TPSA) is 41.5 Å². The van der Waals surface area contributed by atoms with Crippen molar-refractivity contribution in [1.82, 2.24) is 5.32 Å². The highest BCUT2D eigenvalue weighted by Gasteiger charge is 2.12. The van der Waals surface area contributed by atoms with Crippen molar-refractivity contribution in [3.8, 4) is 5.75 Å². The Bertz CT molecular complexity index is 401. The molecule has 6 heteroatoms. The fraction of sp³-hybridized carbons (Fsp3) is 0.538. The van der Waals surface area contributed by atoms with Gasteiger partial charge >= 0.3 is 6.61 Å². The van der Waals surface area contributed by atoms with Crippen molar-refractivity contribution in [3.63, 3.8) is 0 Å². The lowest BCUT2D eigenvalue weighted by atomic mass is 10.0. The zero-order valence-electron chi connectivity index (χ0n) is 10.9. The van der Waals surface area contributed by atoms with E-state index in [4.69, 9.17) is 5.11 Å². The molecular weight excluding hydrogens is 259 g/mol. The van der Waals surface area contributed by atoms with Gasteiger partial charge in [-0.3, -0.25) is 0 Å². The predicted molar refractivity (Wildman–Crippen MR) is 65.6 cm³/mol. The fourth-order valence-corrected chi connectivity index (χ4v) is 1.48. The van der Waals surface area contributed by atoms with Crippen LogP contribution in [0.25, 0.3) is 0 Å². The van der Waals surface area contributed by atoms with Crippen LogP contribution in [0.15, 0.2) is 18.2 Å². The molecule has 3 nitrogen and oxygen atoms in total. The van der Waals surface area contributed by atoms with Gasteiger partial charge in [0, 0.05) is 19.2 Å². The molecule has 1 aromatic carbocycles. The summed E-state index contributed by atoms with van der Waals surface area (Å²) in [5.74, 6) is -1.20. The second kappa shape index (κ2) is 7.35. The number of rotatable bonds is 7. The molecule has 108 valence electrons. The molecule has 2 unspecified atom stereocenters. The van der Waals surface area contributed by atoms with Gasteiger partial charge in [0.1, 0.15) is 0 Å². The van der Waals surface area contributed by atoms with Crippen LogP contribution in [0.5, 0.6) is 5.75 Å². The first-order valence-corrected chi connectivity index (χ1v) is 6.01. The van der Waals surface area contributed by atoms with Crippen LogP contribution >= 0.6 is 0 Å². The number of aliphatic hydroxyl groups excluding tert-OH is 1. The minimum Gasteiger partial charge on any atom is -0.432 e. The average molecular weight is 277 g/mol. The van der Waals surface area contributed by atoms with E-state index in [1.807, 2.05) is 13.8 Å². The maximum absolute atomic E-state index is 13.4. The second-order valence-electron chi connectivity index (χ2n) is 4.47. The molecule has 0 spiro atoms. The van der Waals surface area contributed by atoms with Crippen molar-refractivity contribution in [2.24, 2.45) is 5.92 Å². The van der Waals surface area contributed by atoms with Crippen molar-refractivity contribution >= 4 is 0 Å². The van der Waals surface area contributed by atoms with Crippen LogP contribution in [-0.2, 0) is 6.54 Å². The molecule has 0 saturated carbocycles. The number of halogens is 3. The van der Waals surface area contributed by atoms with E-state index in [1.165, 1.54) is 12.1 Å². The minimum atomic E-state index is -3.04. The molecule has 0 bridgehead atoms. The molecular formula is C13H18F3NO2. The number of benzene rings is 1. The summed E-state index contributed by atoms with van der Waals surface area (Å²) in [7, 11) is 0. The maximum Gasteiger partial charge on any atom is 0.387 e. The van der Waals surface area contributed by atoms with Gasteiger partial charge in [-0.25, -0.2) is 4.39 Å². The third kappa shape index (κ3) is 5.08. The normalized spacial score (nSPS) is 14.5. The SMILES string of the molecule is CC(CO)C(C)NCc1ccc(OC(F)F)c(F)c1. The molecule has 0 heterocycles. The van der Waals surface area contributed by atoms with Crippen LogP contribution in [0, 0.1) is 11.7 Å². The van der Waals surface area contributed by atoms with Crippen molar-refractivity contribution < 1.29 is 23.0 Å². The quantitative estimate of drug-likeness (QED) is 0.804. The van der Waals surface area contributed by atoms with E-state index in [2.05, 4.69) is 10.1 Å². The van der Waals surface area contributed by atoms with E-state index in [0.717, 1.165) is 6.07 Å². The average Bonchev–Trinajstić information content (AvgIpc) is 2.37. The summed E-state index contributed by atoms with van der Waals surface area (Å²) in [6.07, 6.45) is 0. The summed E-state index contributed by atoms with van der Waals surface area (Å²) in [6, 6.07) is 3.91. The summed E-state index contributed by atoms with van der Waals surface area (Å²) in [5.41, 5.74) is 0.621. The van der Waals surface area contributed by atoms with E-state index < -0.39 is 18.2 Å². The summed E-state index contributed by atoms with van der Waals surface area (Å²) < 4.78 is 41.4. The Hall–Kier alpha value is -1.27. The van der Waals surface area contributed by atoms with E-state index >= 15 is 0 Å². The largest absolute Gasteiger partial charge is 0.432 e. The van der Waals surface area contributed by atoms with Crippen molar-refractivity contribution in [2.45, 2.75) is 33.0 Å². The predicted octanol–water partition coefficient (Wildman–Crippen LogP) is 2.53. The summed E-state index contributed by atoms with van der Waals surface area (Å²) in [5, 5.41) is 12.1. The Morgan fingerprint density at radius 2 is 2.00 bits per heavy atom. The van der Waals surface area contributed by atoms with Crippen molar-refractivity contribution in [2.75, 3.05) is 6.61 Å². The molecule has 0 aliphatic heterocycles. The first-order chi connectivity index (χ1) is 8.93. The van der Waals surface area contributed by atoms with Gasteiger partial charge in [0.15, 0.2) is 11.6 Å². The summed E-state index contributed by atoms with van der Waals surface area (Å²) >= 11 is 0. The zero-order valence-corrected chi connectivity index (χ0v) is 10.9. The lowest BCUT2D eigenvalue weighted by molar-refractivity contribution is -0.0522. The Labute approximate surface area is 110 Å². The van der Waals surface area contributed by atoms with Crippen LogP contribution < -0.4 is 10.1 Å². The lowest BCUT2D eigenvalue weighted by Gasteiger charge is -2.19. The van der Waals surface area contributed by atoms with Gasteiger partial charge in [-0.2, -0.15) is 8.78 Å². The first kappa shape index (κ1) is 15.8. The Kier molecular flexibility index (Phi) is 6.11. The number of aliphatic hydroxyl groups is 1. The molecule has 1 aromatic rings. The van der Waals surface area contributed by atoms with Gasteiger partial charge in [-0.1, -0.05) is 13.0 Å². The molecule has 0 fully saturated rings. The van der Waals surface area contributed by atoms with Crippen LogP contribution in [0.3, 0.4) is 0 Å². The summed E-state index contributed by atoms with van der Waals surface area (Å²) in [6.45, 7) is 1.20. The Balaban J connectivity index is 2.58. The monoisotopic (exact) mass is 277 g/mol. The number of ether oxygens (including phenoxy) is 1.